The minimum absolute atomic E-state index is 0.271. The summed E-state index contributed by atoms with van der Waals surface area (Å²) in [5.41, 5.74) is 2.09. The first-order valence-electron chi connectivity index (χ1n) is 7.55. The minimum atomic E-state index is -0.409. The molecule has 2 aromatic heterocycles. The molecule has 4 aromatic rings. The molecule has 0 saturated carbocycles. The van der Waals surface area contributed by atoms with Crippen molar-refractivity contribution in [3.8, 4) is 0 Å². The number of hydrogen-bond donors (Lipinski definition) is 1. The highest BCUT2D eigenvalue weighted by Gasteiger charge is 2.18. The zero-order valence-electron chi connectivity index (χ0n) is 13.1. The molecule has 6 heteroatoms. The molecule has 0 unspecified atom stereocenters. The highest BCUT2D eigenvalue weighted by molar-refractivity contribution is 9.10. The van der Waals surface area contributed by atoms with Crippen LogP contribution >= 0.6 is 15.9 Å². The van der Waals surface area contributed by atoms with Crippen LogP contribution in [0.5, 0.6) is 0 Å². The smallest absolute Gasteiger partial charge is 0.336 e. The van der Waals surface area contributed by atoms with Gasteiger partial charge in [-0.1, -0.05) is 15.9 Å². The third-order valence-electron chi connectivity index (χ3n) is 3.98. The number of halogens is 1. The van der Waals surface area contributed by atoms with Crippen LogP contribution in [0.1, 0.15) is 16.1 Å². The Hall–Kier alpha value is -2.86. The molecular weight excluding hydrogens is 386 g/mol. The van der Waals surface area contributed by atoms with E-state index < -0.39 is 5.63 Å². The van der Waals surface area contributed by atoms with E-state index in [1.807, 2.05) is 25.1 Å². The summed E-state index contributed by atoms with van der Waals surface area (Å²) in [5, 5.41) is 4.43. The van der Waals surface area contributed by atoms with Gasteiger partial charge in [0.25, 0.3) is 5.91 Å². The van der Waals surface area contributed by atoms with Crippen LogP contribution in [0.2, 0.25) is 0 Å². The zero-order valence-corrected chi connectivity index (χ0v) is 14.7. The summed E-state index contributed by atoms with van der Waals surface area (Å²) >= 11 is 3.42. The van der Waals surface area contributed by atoms with Crippen molar-refractivity contribution in [1.29, 1.82) is 0 Å². The lowest BCUT2D eigenvalue weighted by atomic mass is 10.1. The number of anilines is 1. The highest BCUT2D eigenvalue weighted by atomic mass is 79.9. The number of amides is 1. The Morgan fingerprint density at radius 2 is 1.80 bits per heavy atom. The summed E-state index contributed by atoms with van der Waals surface area (Å²) in [7, 11) is 0. The molecule has 0 aliphatic heterocycles. The quantitative estimate of drug-likeness (QED) is 0.490. The highest BCUT2D eigenvalue weighted by Crippen LogP contribution is 2.29. The monoisotopic (exact) mass is 397 g/mol. The molecule has 0 aliphatic rings. The number of carbonyl (C=O) groups is 1. The topological polar surface area (TPSA) is 72.5 Å². The minimum Gasteiger partial charge on any atom is -0.451 e. The molecule has 0 bridgehead atoms. The fourth-order valence-electron chi connectivity index (χ4n) is 2.75. The number of hydrogen-bond acceptors (Lipinski definition) is 4. The molecule has 25 heavy (non-hydrogen) atoms. The van der Waals surface area contributed by atoms with Gasteiger partial charge in [-0.2, -0.15) is 0 Å². The van der Waals surface area contributed by atoms with Crippen LogP contribution in [0.3, 0.4) is 0 Å². The molecule has 2 aromatic carbocycles. The van der Waals surface area contributed by atoms with Crippen molar-refractivity contribution < 1.29 is 13.6 Å². The van der Waals surface area contributed by atoms with Gasteiger partial charge in [0.05, 0.1) is 0 Å². The lowest BCUT2D eigenvalue weighted by Gasteiger charge is -2.05. The Bertz CT molecular complexity index is 1190. The van der Waals surface area contributed by atoms with Gasteiger partial charge in [0.2, 0.25) is 0 Å². The molecule has 2 heterocycles. The molecule has 0 fully saturated rings. The number of benzene rings is 2. The standard InChI is InChI=1S/C19H12BrNO4/c1-10-14-9-12(20)3-5-16(14)25-18(10)19(23)21-13-4-6-15-11(8-13)2-7-17(22)24-15/h2-9H,1H3,(H,21,23). The van der Waals surface area contributed by atoms with Crippen molar-refractivity contribution in [3.63, 3.8) is 0 Å². The molecular formula is C19H12BrNO4. The first-order valence-corrected chi connectivity index (χ1v) is 8.34. The molecule has 1 N–H and O–H groups in total. The van der Waals surface area contributed by atoms with E-state index in [4.69, 9.17) is 8.83 Å². The second-order valence-corrected chi connectivity index (χ2v) is 6.57. The van der Waals surface area contributed by atoms with E-state index in [1.165, 1.54) is 6.07 Å². The van der Waals surface area contributed by atoms with Gasteiger partial charge < -0.3 is 14.2 Å². The maximum absolute atomic E-state index is 12.6. The van der Waals surface area contributed by atoms with E-state index in [2.05, 4.69) is 21.2 Å². The first-order chi connectivity index (χ1) is 12.0. The molecule has 1 amide bonds. The summed E-state index contributed by atoms with van der Waals surface area (Å²) in [4.78, 5) is 23.8. The van der Waals surface area contributed by atoms with Crippen molar-refractivity contribution in [2.75, 3.05) is 5.32 Å². The van der Waals surface area contributed by atoms with Crippen LogP contribution in [-0.4, -0.2) is 5.91 Å². The van der Waals surface area contributed by atoms with Crippen LogP contribution in [0.15, 0.2) is 66.6 Å². The van der Waals surface area contributed by atoms with Gasteiger partial charge in [0, 0.05) is 32.6 Å². The average molecular weight is 398 g/mol. The number of rotatable bonds is 2. The fourth-order valence-corrected chi connectivity index (χ4v) is 3.11. The van der Waals surface area contributed by atoms with Crippen LogP contribution in [0.25, 0.3) is 21.9 Å². The van der Waals surface area contributed by atoms with E-state index >= 15 is 0 Å². The summed E-state index contributed by atoms with van der Waals surface area (Å²) in [6.45, 7) is 1.85. The second-order valence-electron chi connectivity index (χ2n) is 5.66. The third kappa shape index (κ3) is 2.85. The van der Waals surface area contributed by atoms with Gasteiger partial charge in [-0.3, -0.25) is 4.79 Å². The number of carbonyl (C=O) groups excluding carboxylic acids is 1. The van der Waals surface area contributed by atoms with Crippen LogP contribution in [0, 0.1) is 6.92 Å². The second kappa shape index (κ2) is 5.89. The maximum atomic E-state index is 12.6. The maximum Gasteiger partial charge on any atom is 0.336 e. The predicted molar refractivity (Wildman–Crippen MR) is 99.1 cm³/mol. The van der Waals surface area contributed by atoms with E-state index in [9.17, 15) is 9.59 Å². The van der Waals surface area contributed by atoms with Crippen molar-refractivity contribution in [3.05, 3.63) is 74.7 Å². The molecule has 4 rings (SSSR count). The number of fused-ring (bicyclic) bond motifs is 2. The Balaban J connectivity index is 1.69. The molecule has 0 spiro atoms. The van der Waals surface area contributed by atoms with Gasteiger partial charge in [0.15, 0.2) is 5.76 Å². The normalized spacial score (nSPS) is 11.1. The zero-order chi connectivity index (χ0) is 17.6. The molecule has 0 radical (unpaired) electrons. The lowest BCUT2D eigenvalue weighted by molar-refractivity contribution is 0.0998. The van der Waals surface area contributed by atoms with Gasteiger partial charge >= 0.3 is 5.63 Å². The van der Waals surface area contributed by atoms with Gasteiger partial charge in [-0.15, -0.1) is 0 Å². The summed E-state index contributed by atoms with van der Waals surface area (Å²) in [6, 6.07) is 13.7. The summed E-state index contributed by atoms with van der Waals surface area (Å²) in [6.07, 6.45) is 0. The van der Waals surface area contributed by atoms with E-state index in [1.54, 1.807) is 24.3 Å². The van der Waals surface area contributed by atoms with Gasteiger partial charge in [-0.25, -0.2) is 4.79 Å². The Morgan fingerprint density at radius 1 is 1.00 bits per heavy atom. The van der Waals surface area contributed by atoms with Crippen molar-refractivity contribution in [2.24, 2.45) is 0 Å². The first kappa shape index (κ1) is 15.7. The number of aryl methyl sites for hydroxylation is 1. The van der Waals surface area contributed by atoms with E-state index in [-0.39, 0.29) is 11.7 Å². The van der Waals surface area contributed by atoms with Crippen LogP contribution in [0.4, 0.5) is 5.69 Å². The molecule has 0 saturated heterocycles. The molecule has 0 atom stereocenters. The van der Waals surface area contributed by atoms with Crippen molar-refractivity contribution in [1.82, 2.24) is 0 Å². The van der Waals surface area contributed by atoms with Crippen molar-refractivity contribution >= 4 is 49.5 Å². The SMILES string of the molecule is Cc1c(C(=O)Nc2ccc3oc(=O)ccc3c2)oc2ccc(Br)cc12. The molecule has 0 aliphatic carbocycles. The average Bonchev–Trinajstić information content (AvgIpc) is 2.91. The number of nitrogens with one attached hydrogen (secondary N) is 1. The fraction of sp³-hybridized carbons (Fsp3) is 0.0526. The van der Waals surface area contributed by atoms with E-state index in [0.717, 1.165) is 20.8 Å². The van der Waals surface area contributed by atoms with Crippen LogP contribution < -0.4 is 10.9 Å². The number of furan rings is 1. The van der Waals surface area contributed by atoms with Gasteiger partial charge in [0.1, 0.15) is 11.2 Å². The molecule has 5 nitrogen and oxygen atoms in total. The van der Waals surface area contributed by atoms with Crippen molar-refractivity contribution in [2.45, 2.75) is 6.92 Å². The Labute approximate surface area is 150 Å². The van der Waals surface area contributed by atoms with E-state index in [0.29, 0.717) is 16.9 Å². The Morgan fingerprint density at radius 3 is 2.64 bits per heavy atom. The third-order valence-corrected chi connectivity index (χ3v) is 4.47. The predicted octanol–water partition coefficient (Wildman–Crippen LogP) is 4.86. The summed E-state index contributed by atoms with van der Waals surface area (Å²) in [5.74, 6) is -0.0608. The molecule has 124 valence electrons. The van der Waals surface area contributed by atoms with Crippen LogP contribution in [-0.2, 0) is 0 Å². The Kier molecular flexibility index (Phi) is 3.69. The lowest BCUT2D eigenvalue weighted by Crippen LogP contribution is -2.12. The van der Waals surface area contributed by atoms with Gasteiger partial charge in [-0.05, 0) is 49.4 Å². The summed E-state index contributed by atoms with van der Waals surface area (Å²) < 4.78 is 11.7. The largest absolute Gasteiger partial charge is 0.451 e.